The van der Waals surface area contributed by atoms with E-state index in [2.05, 4.69) is 61.7 Å². The third-order valence-corrected chi connectivity index (χ3v) is 6.84. The van der Waals surface area contributed by atoms with Crippen molar-refractivity contribution in [3.8, 4) is 0 Å². The van der Waals surface area contributed by atoms with Gasteiger partial charge in [0.15, 0.2) is 0 Å². The second kappa shape index (κ2) is 11.2. The minimum absolute atomic E-state index is 0.420. The maximum atomic E-state index is 9.94. The van der Waals surface area contributed by atoms with Crippen molar-refractivity contribution in [2.75, 3.05) is 13.1 Å². The zero-order valence-electron chi connectivity index (χ0n) is 19.5. The first kappa shape index (κ1) is 23.9. The van der Waals surface area contributed by atoms with E-state index in [0.717, 1.165) is 44.2 Å². The third kappa shape index (κ3) is 6.84. The molecule has 1 heterocycles. The Morgan fingerprint density at radius 2 is 1.69 bits per heavy atom. The molecule has 3 fully saturated rings. The van der Waals surface area contributed by atoms with E-state index >= 15 is 0 Å². The molecule has 3 heteroatoms. The van der Waals surface area contributed by atoms with E-state index in [1.807, 2.05) is 13.8 Å². The molecule has 2 bridgehead atoms. The Morgan fingerprint density at radius 3 is 2.31 bits per heavy atom. The fraction of sp³-hybridized carbons (Fsp3) is 0.731. The quantitative estimate of drug-likeness (QED) is 0.640. The molecule has 1 amide bonds. The van der Waals surface area contributed by atoms with Crippen molar-refractivity contribution in [3.63, 3.8) is 0 Å². The number of carbonyl (C=O) groups excluding carboxylic acids is 1. The molecule has 2 N–H and O–H groups in total. The summed E-state index contributed by atoms with van der Waals surface area (Å²) in [5, 5.41) is 5.98. The maximum absolute atomic E-state index is 9.94. The van der Waals surface area contributed by atoms with Crippen LogP contribution in [0.15, 0.2) is 30.3 Å². The predicted molar refractivity (Wildman–Crippen MR) is 124 cm³/mol. The van der Waals surface area contributed by atoms with E-state index < -0.39 is 0 Å². The van der Waals surface area contributed by atoms with Crippen molar-refractivity contribution in [3.05, 3.63) is 35.9 Å². The SMILES string of the molecule is CC.CC1CC2CC(C)(C)CC(c3ccccc3)(C1)C2.O=CNC1CCNCC1. The Labute approximate surface area is 179 Å². The normalized spacial score (nSPS) is 30.7. The smallest absolute Gasteiger partial charge is 0.207 e. The molecule has 2 saturated carbocycles. The second-order valence-electron chi connectivity index (χ2n) is 10.1. The Hall–Kier alpha value is -1.35. The van der Waals surface area contributed by atoms with Gasteiger partial charge in [0.2, 0.25) is 6.41 Å². The van der Waals surface area contributed by atoms with Gasteiger partial charge in [-0.2, -0.15) is 0 Å². The first-order valence-corrected chi connectivity index (χ1v) is 11.9. The molecular formula is C26H44N2O. The molecule has 164 valence electrons. The van der Waals surface area contributed by atoms with Crippen LogP contribution in [0.5, 0.6) is 0 Å². The van der Waals surface area contributed by atoms with Gasteiger partial charge in [-0.25, -0.2) is 0 Å². The summed E-state index contributed by atoms with van der Waals surface area (Å²) in [4.78, 5) is 9.94. The number of benzene rings is 1. The lowest BCUT2D eigenvalue weighted by Crippen LogP contribution is -2.45. The molecule has 2 aliphatic carbocycles. The number of carbonyl (C=O) groups is 1. The zero-order chi connectivity index (χ0) is 21.3. The van der Waals surface area contributed by atoms with Crippen LogP contribution in [0.2, 0.25) is 0 Å². The minimum Gasteiger partial charge on any atom is -0.356 e. The molecule has 3 atom stereocenters. The Morgan fingerprint density at radius 1 is 1.03 bits per heavy atom. The average Bonchev–Trinajstić information content (AvgIpc) is 2.70. The van der Waals surface area contributed by atoms with Gasteiger partial charge >= 0.3 is 0 Å². The summed E-state index contributed by atoms with van der Waals surface area (Å²) in [5.74, 6) is 1.86. The lowest BCUT2D eigenvalue weighted by molar-refractivity contribution is -0.110. The number of amides is 1. The summed E-state index contributed by atoms with van der Waals surface area (Å²) < 4.78 is 0. The molecule has 3 aliphatic rings. The average molecular weight is 401 g/mol. The van der Waals surface area contributed by atoms with Gasteiger partial charge in [-0.15, -0.1) is 0 Å². The molecule has 0 spiro atoms. The van der Waals surface area contributed by atoms with Crippen molar-refractivity contribution >= 4 is 6.41 Å². The van der Waals surface area contributed by atoms with Crippen molar-refractivity contribution in [2.45, 2.75) is 91.0 Å². The van der Waals surface area contributed by atoms with Gasteiger partial charge < -0.3 is 10.6 Å². The molecule has 1 aromatic rings. The van der Waals surface area contributed by atoms with Crippen LogP contribution in [-0.4, -0.2) is 25.5 Å². The molecule has 29 heavy (non-hydrogen) atoms. The predicted octanol–water partition coefficient (Wildman–Crippen LogP) is 5.69. The van der Waals surface area contributed by atoms with Crippen LogP contribution in [0.1, 0.15) is 85.1 Å². The van der Waals surface area contributed by atoms with Crippen LogP contribution in [0.4, 0.5) is 0 Å². The summed E-state index contributed by atoms with van der Waals surface area (Å²) in [6.07, 6.45) is 10.0. The molecule has 3 unspecified atom stereocenters. The number of hydrogen-bond donors (Lipinski definition) is 2. The lowest BCUT2D eigenvalue weighted by Gasteiger charge is -2.54. The number of rotatable bonds is 3. The van der Waals surface area contributed by atoms with E-state index in [0.29, 0.717) is 16.9 Å². The van der Waals surface area contributed by atoms with Crippen molar-refractivity contribution in [2.24, 2.45) is 17.3 Å². The Balaban J connectivity index is 0.000000231. The van der Waals surface area contributed by atoms with Crippen molar-refractivity contribution in [1.29, 1.82) is 0 Å². The number of fused-ring (bicyclic) bond motifs is 2. The van der Waals surface area contributed by atoms with Crippen LogP contribution in [0.3, 0.4) is 0 Å². The summed E-state index contributed by atoms with van der Waals surface area (Å²) in [5.41, 5.74) is 2.61. The monoisotopic (exact) mass is 400 g/mol. The van der Waals surface area contributed by atoms with E-state index in [1.165, 1.54) is 32.1 Å². The molecule has 1 aromatic carbocycles. The van der Waals surface area contributed by atoms with Gasteiger partial charge in [0, 0.05) is 6.04 Å². The van der Waals surface area contributed by atoms with Crippen molar-refractivity contribution in [1.82, 2.24) is 10.6 Å². The van der Waals surface area contributed by atoms with E-state index in [9.17, 15) is 4.79 Å². The lowest BCUT2D eigenvalue weighted by atomic mass is 9.51. The highest BCUT2D eigenvalue weighted by Gasteiger charge is 2.48. The van der Waals surface area contributed by atoms with Crippen LogP contribution in [0, 0.1) is 17.3 Å². The Bertz CT molecular complexity index is 590. The summed E-state index contributed by atoms with van der Waals surface area (Å²) in [7, 11) is 0. The van der Waals surface area contributed by atoms with E-state index in [-0.39, 0.29) is 0 Å². The molecule has 0 radical (unpaired) electrons. The van der Waals surface area contributed by atoms with Gasteiger partial charge in [0.05, 0.1) is 0 Å². The van der Waals surface area contributed by atoms with E-state index in [1.54, 1.807) is 5.56 Å². The molecule has 1 aliphatic heterocycles. The third-order valence-electron chi connectivity index (χ3n) is 6.84. The standard InChI is InChI=1S/C18H26.C6H12N2O.C2H6/c1-14-9-15-11-17(2,3)13-18(10-14,12-15)16-7-5-4-6-8-16;9-5-8-6-1-3-7-4-2-6;1-2/h4-8,14-15H,9-13H2,1-3H3;5-7H,1-4H2,(H,8,9);1-2H3. The molecular weight excluding hydrogens is 356 g/mol. The van der Waals surface area contributed by atoms with Crippen LogP contribution >= 0.6 is 0 Å². The van der Waals surface area contributed by atoms with Crippen LogP contribution < -0.4 is 10.6 Å². The molecule has 4 rings (SSSR count). The number of nitrogens with one attached hydrogen (secondary N) is 2. The topological polar surface area (TPSA) is 41.1 Å². The highest BCUT2D eigenvalue weighted by atomic mass is 16.1. The van der Waals surface area contributed by atoms with Gasteiger partial charge in [0.1, 0.15) is 0 Å². The fourth-order valence-corrected chi connectivity index (χ4v) is 6.32. The van der Waals surface area contributed by atoms with Crippen molar-refractivity contribution < 1.29 is 4.79 Å². The first-order valence-electron chi connectivity index (χ1n) is 11.9. The summed E-state index contributed by atoms with van der Waals surface area (Å²) in [6.45, 7) is 13.5. The van der Waals surface area contributed by atoms with Crippen LogP contribution in [0.25, 0.3) is 0 Å². The number of hydrogen-bond acceptors (Lipinski definition) is 2. The van der Waals surface area contributed by atoms with Gasteiger partial charge in [-0.1, -0.05) is 65.0 Å². The minimum atomic E-state index is 0.420. The second-order valence-corrected chi connectivity index (χ2v) is 10.1. The van der Waals surface area contributed by atoms with Crippen LogP contribution in [-0.2, 0) is 10.2 Å². The first-order chi connectivity index (χ1) is 13.9. The summed E-state index contributed by atoms with van der Waals surface area (Å²) in [6, 6.07) is 11.8. The molecule has 0 aromatic heterocycles. The molecule has 1 saturated heterocycles. The maximum Gasteiger partial charge on any atom is 0.207 e. The Kier molecular flexibility index (Phi) is 9.20. The van der Waals surface area contributed by atoms with Gasteiger partial charge in [-0.05, 0) is 86.3 Å². The fourth-order valence-electron chi connectivity index (χ4n) is 6.32. The number of piperidine rings is 1. The zero-order valence-corrected chi connectivity index (χ0v) is 19.5. The highest BCUT2D eigenvalue weighted by Crippen LogP contribution is 2.57. The largest absolute Gasteiger partial charge is 0.356 e. The van der Waals surface area contributed by atoms with Gasteiger partial charge in [-0.3, -0.25) is 4.79 Å². The molecule has 3 nitrogen and oxygen atoms in total. The van der Waals surface area contributed by atoms with Gasteiger partial charge in [0.25, 0.3) is 0 Å². The summed E-state index contributed by atoms with van der Waals surface area (Å²) >= 11 is 0. The van der Waals surface area contributed by atoms with E-state index in [4.69, 9.17) is 0 Å². The highest BCUT2D eigenvalue weighted by molar-refractivity contribution is 5.46.